The van der Waals surface area contributed by atoms with Gasteiger partial charge in [-0.25, -0.2) is 9.78 Å². The third-order valence-corrected chi connectivity index (χ3v) is 5.48. The number of likely N-dealkylation sites (tertiary alicyclic amines) is 1. The van der Waals surface area contributed by atoms with Crippen molar-refractivity contribution in [2.75, 3.05) is 7.11 Å². The van der Waals surface area contributed by atoms with E-state index >= 15 is 0 Å². The molecular formula is C15H20N2O4S. The number of amides is 1. The minimum absolute atomic E-state index is 0.00341. The van der Waals surface area contributed by atoms with Gasteiger partial charge in [-0.1, -0.05) is 0 Å². The number of carbonyl (C=O) groups excluding carboxylic acids is 2. The molecule has 3 rings (SSSR count). The van der Waals surface area contributed by atoms with Gasteiger partial charge in [0.15, 0.2) is 6.10 Å². The van der Waals surface area contributed by atoms with Gasteiger partial charge in [-0.3, -0.25) is 4.79 Å². The predicted molar refractivity (Wildman–Crippen MR) is 80.8 cm³/mol. The number of hydrogen-bond acceptors (Lipinski definition) is 6. The van der Waals surface area contributed by atoms with E-state index in [-0.39, 0.29) is 30.1 Å². The number of carbonyl (C=O) groups is 2. The molecule has 2 aliphatic rings. The van der Waals surface area contributed by atoms with Gasteiger partial charge < -0.3 is 14.4 Å². The Morgan fingerprint density at radius 2 is 2.23 bits per heavy atom. The first kappa shape index (κ1) is 15.4. The first-order valence-corrected chi connectivity index (χ1v) is 8.37. The van der Waals surface area contributed by atoms with Crippen LogP contribution in [0.4, 0.5) is 0 Å². The zero-order chi connectivity index (χ0) is 15.9. The van der Waals surface area contributed by atoms with Crippen LogP contribution < -0.4 is 0 Å². The van der Waals surface area contributed by atoms with Gasteiger partial charge in [0.05, 0.1) is 30.5 Å². The number of esters is 1. The first-order chi connectivity index (χ1) is 10.5. The second kappa shape index (κ2) is 5.96. The second-order valence-corrected chi connectivity index (χ2v) is 6.75. The molecular weight excluding hydrogens is 304 g/mol. The van der Waals surface area contributed by atoms with E-state index < -0.39 is 6.10 Å². The van der Waals surface area contributed by atoms with Gasteiger partial charge in [0, 0.05) is 12.5 Å². The fourth-order valence-corrected chi connectivity index (χ4v) is 4.16. The van der Waals surface area contributed by atoms with Gasteiger partial charge in [0.1, 0.15) is 4.88 Å². The SMILES string of the molecule is COC(=O)C1CC2C(CCC(C)N2C(=O)c2scnc2C)O1. The number of aromatic nitrogens is 1. The summed E-state index contributed by atoms with van der Waals surface area (Å²) in [6.45, 7) is 3.90. The van der Waals surface area contributed by atoms with Crippen LogP contribution in [0, 0.1) is 6.92 Å². The Labute approximate surface area is 133 Å². The standard InChI is InChI=1S/C15H20N2O4S/c1-8-4-5-11-10(6-12(21-11)15(19)20-3)17(8)14(18)13-9(2)16-7-22-13/h7-8,10-12H,4-6H2,1-3H3. The van der Waals surface area contributed by atoms with E-state index in [1.165, 1.54) is 18.4 Å². The van der Waals surface area contributed by atoms with Crippen LogP contribution in [-0.4, -0.2) is 53.2 Å². The molecule has 4 unspecified atom stereocenters. The van der Waals surface area contributed by atoms with Crippen LogP contribution in [0.3, 0.4) is 0 Å². The molecule has 0 aliphatic carbocycles. The van der Waals surface area contributed by atoms with Gasteiger partial charge in [-0.15, -0.1) is 11.3 Å². The van der Waals surface area contributed by atoms with E-state index in [9.17, 15) is 9.59 Å². The summed E-state index contributed by atoms with van der Waals surface area (Å²) in [7, 11) is 1.36. The highest BCUT2D eigenvalue weighted by Gasteiger charge is 2.48. The fourth-order valence-electron chi connectivity index (χ4n) is 3.41. The van der Waals surface area contributed by atoms with Crippen LogP contribution in [0.5, 0.6) is 0 Å². The highest BCUT2D eigenvalue weighted by atomic mass is 32.1. The number of ether oxygens (including phenoxy) is 2. The van der Waals surface area contributed by atoms with Gasteiger partial charge in [0.25, 0.3) is 5.91 Å². The Kier molecular flexibility index (Phi) is 4.18. The van der Waals surface area contributed by atoms with E-state index in [4.69, 9.17) is 9.47 Å². The summed E-state index contributed by atoms with van der Waals surface area (Å²) in [5.74, 6) is -0.361. The Morgan fingerprint density at radius 3 is 2.86 bits per heavy atom. The lowest BCUT2D eigenvalue weighted by molar-refractivity contribution is -0.153. The summed E-state index contributed by atoms with van der Waals surface area (Å²) >= 11 is 1.36. The third-order valence-electron chi connectivity index (χ3n) is 4.56. The molecule has 1 amide bonds. The average molecular weight is 324 g/mol. The first-order valence-electron chi connectivity index (χ1n) is 7.49. The number of hydrogen-bond donors (Lipinski definition) is 0. The normalized spacial score (nSPS) is 31.0. The molecule has 6 nitrogen and oxygen atoms in total. The van der Waals surface area contributed by atoms with Crippen molar-refractivity contribution in [2.45, 2.75) is 57.4 Å². The molecule has 0 spiro atoms. The second-order valence-electron chi connectivity index (χ2n) is 5.90. The molecule has 0 N–H and O–H groups in total. The molecule has 1 aromatic rings. The van der Waals surface area contributed by atoms with Crippen molar-refractivity contribution in [3.05, 3.63) is 16.1 Å². The largest absolute Gasteiger partial charge is 0.467 e. The van der Waals surface area contributed by atoms with Crippen LogP contribution in [-0.2, 0) is 14.3 Å². The van der Waals surface area contributed by atoms with E-state index in [2.05, 4.69) is 11.9 Å². The van der Waals surface area contributed by atoms with E-state index in [1.807, 2.05) is 11.8 Å². The highest BCUT2D eigenvalue weighted by molar-refractivity contribution is 7.11. The van der Waals surface area contributed by atoms with Crippen molar-refractivity contribution < 1.29 is 19.1 Å². The highest BCUT2D eigenvalue weighted by Crippen LogP contribution is 2.36. The molecule has 0 aromatic carbocycles. The summed E-state index contributed by atoms with van der Waals surface area (Å²) in [6.07, 6.45) is 1.59. The summed E-state index contributed by atoms with van der Waals surface area (Å²) < 4.78 is 10.6. The number of methoxy groups -OCH3 is 1. The summed E-state index contributed by atoms with van der Waals surface area (Å²) in [6, 6.07) is 0.0668. The molecule has 1 aromatic heterocycles. The van der Waals surface area contributed by atoms with Gasteiger partial charge in [-0.2, -0.15) is 0 Å². The monoisotopic (exact) mass is 324 g/mol. The summed E-state index contributed by atoms with van der Waals surface area (Å²) in [5.41, 5.74) is 2.45. The molecule has 3 heterocycles. The van der Waals surface area contributed by atoms with Crippen molar-refractivity contribution in [1.29, 1.82) is 0 Å². The quantitative estimate of drug-likeness (QED) is 0.776. The van der Waals surface area contributed by atoms with Gasteiger partial charge >= 0.3 is 5.97 Å². The van der Waals surface area contributed by atoms with Gasteiger partial charge in [0.2, 0.25) is 0 Å². The molecule has 7 heteroatoms. The Balaban J connectivity index is 1.84. The van der Waals surface area contributed by atoms with Crippen LogP contribution in [0.25, 0.3) is 0 Å². The number of aryl methyl sites for hydroxylation is 1. The molecule has 120 valence electrons. The van der Waals surface area contributed by atoms with Crippen molar-refractivity contribution >= 4 is 23.2 Å². The van der Waals surface area contributed by atoms with E-state index in [0.717, 1.165) is 18.5 Å². The molecule has 2 fully saturated rings. The van der Waals surface area contributed by atoms with Crippen LogP contribution in [0.15, 0.2) is 5.51 Å². The van der Waals surface area contributed by atoms with Gasteiger partial charge in [-0.05, 0) is 26.7 Å². The number of rotatable bonds is 2. The summed E-state index contributed by atoms with van der Waals surface area (Å²) in [4.78, 5) is 31.4. The molecule has 2 aliphatic heterocycles. The lowest BCUT2D eigenvalue weighted by atomic mass is 9.92. The lowest BCUT2D eigenvalue weighted by Crippen LogP contribution is -2.53. The fraction of sp³-hybridized carbons (Fsp3) is 0.667. The van der Waals surface area contributed by atoms with Crippen LogP contribution in [0.2, 0.25) is 0 Å². The minimum atomic E-state index is -0.567. The molecule has 0 radical (unpaired) electrons. The molecule has 2 saturated heterocycles. The topological polar surface area (TPSA) is 68.7 Å². The van der Waals surface area contributed by atoms with Crippen molar-refractivity contribution in [3.63, 3.8) is 0 Å². The smallest absolute Gasteiger partial charge is 0.335 e. The third kappa shape index (κ3) is 2.52. The zero-order valence-corrected chi connectivity index (χ0v) is 13.8. The minimum Gasteiger partial charge on any atom is -0.467 e. The van der Waals surface area contributed by atoms with E-state index in [1.54, 1.807) is 5.51 Å². The van der Waals surface area contributed by atoms with Crippen LogP contribution >= 0.6 is 11.3 Å². The average Bonchev–Trinajstić information content (AvgIpc) is 3.11. The maximum atomic E-state index is 12.9. The van der Waals surface area contributed by atoms with Crippen LogP contribution in [0.1, 0.15) is 41.6 Å². The Bertz CT molecular complexity index is 588. The molecule has 0 bridgehead atoms. The van der Waals surface area contributed by atoms with E-state index in [0.29, 0.717) is 11.3 Å². The Hall–Kier alpha value is -1.47. The predicted octanol–water partition coefficient (Wildman–Crippen LogP) is 1.78. The van der Waals surface area contributed by atoms with Crippen molar-refractivity contribution in [1.82, 2.24) is 9.88 Å². The number of fused-ring (bicyclic) bond motifs is 1. The maximum Gasteiger partial charge on any atom is 0.335 e. The zero-order valence-electron chi connectivity index (χ0n) is 12.9. The maximum absolute atomic E-state index is 12.9. The number of thiazole rings is 1. The lowest BCUT2D eigenvalue weighted by Gasteiger charge is -2.41. The number of piperidine rings is 1. The number of nitrogens with zero attached hydrogens (tertiary/aromatic N) is 2. The van der Waals surface area contributed by atoms with Crippen molar-refractivity contribution in [2.24, 2.45) is 0 Å². The molecule has 22 heavy (non-hydrogen) atoms. The molecule has 0 saturated carbocycles. The Morgan fingerprint density at radius 1 is 1.45 bits per heavy atom. The van der Waals surface area contributed by atoms with Crippen molar-refractivity contribution in [3.8, 4) is 0 Å². The summed E-state index contributed by atoms with van der Waals surface area (Å²) in [5, 5.41) is 0. The molecule has 4 atom stereocenters.